The van der Waals surface area contributed by atoms with Gasteiger partial charge in [0.1, 0.15) is 23.8 Å². The van der Waals surface area contributed by atoms with E-state index >= 15 is 0 Å². The summed E-state index contributed by atoms with van der Waals surface area (Å²) >= 11 is 13.2. The van der Waals surface area contributed by atoms with Crippen molar-refractivity contribution in [1.29, 1.82) is 0 Å². The molecule has 0 bridgehead atoms. The molecule has 0 atom stereocenters. The summed E-state index contributed by atoms with van der Waals surface area (Å²) in [5.74, 6) is 1.79. The lowest BCUT2D eigenvalue weighted by molar-refractivity contribution is -0.0549. The highest BCUT2D eigenvalue weighted by molar-refractivity contribution is 7.90. The van der Waals surface area contributed by atoms with Crippen LogP contribution in [-0.2, 0) is 22.0 Å². The van der Waals surface area contributed by atoms with Crippen LogP contribution < -0.4 is 4.74 Å². The lowest BCUT2D eigenvalue weighted by atomic mass is 9.65. The van der Waals surface area contributed by atoms with Crippen molar-refractivity contribution in [2.75, 3.05) is 6.26 Å². The van der Waals surface area contributed by atoms with E-state index in [1.807, 2.05) is 37.3 Å². The van der Waals surface area contributed by atoms with E-state index in [4.69, 9.17) is 32.5 Å². The van der Waals surface area contributed by atoms with E-state index in [0.29, 0.717) is 45.8 Å². The molecule has 1 aromatic heterocycles. The third-order valence-electron chi connectivity index (χ3n) is 7.98. The minimum atomic E-state index is -3.30. The molecule has 0 radical (unpaired) electrons. The van der Waals surface area contributed by atoms with E-state index in [1.54, 1.807) is 30.3 Å². The standard InChI is InChI=1S/C31H29Cl2NO5S/c1-18-5-3-8-26(32)28(18)29-24(30(39-34-29)19-9-10-19)17-38-22-11-12-25(27(33)14-22)31(35)15-21(16-31)20-6-4-7-23(13-20)40(2,36)37/h3-8,11-14,19,21,35H,9-10,15-17H2,1-2H3/t21-,31-. The molecule has 40 heavy (non-hydrogen) atoms. The van der Waals surface area contributed by atoms with E-state index in [9.17, 15) is 13.5 Å². The van der Waals surface area contributed by atoms with Crippen molar-refractivity contribution in [2.45, 2.75) is 61.5 Å². The number of benzene rings is 3. The van der Waals surface area contributed by atoms with E-state index in [0.717, 1.165) is 40.9 Å². The Kier molecular flexibility index (Phi) is 6.98. The van der Waals surface area contributed by atoms with Gasteiger partial charge < -0.3 is 14.4 Å². The van der Waals surface area contributed by atoms with Crippen LogP contribution >= 0.6 is 23.2 Å². The number of halogens is 2. The predicted molar refractivity (Wildman–Crippen MR) is 155 cm³/mol. The second-order valence-corrected chi connectivity index (χ2v) is 13.8. The Morgan fingerprint density at radius 3 is 2.45 bits per heavy atom. The molecular weight excluding hydrogens is 569 g/mol. The van der Waals surface area contributed by atoms with Crippen molar-refractivity contribution in [1.82, 2.24) is 5.16 Å². The fourth-order valence-corrected chi connectivity index (χ4v) is 6.92. The van der Waals surface area contributed by atoms with Gasteiger partial charge in [0, 0.05) is 23.3 Å². The quantitative estimate of drug-likeness (QED) is 0.225. The molecule has 0 spiro atoms. The Bertz CT molecular complexity index is 1680. The zero-order valence-corrected chi connectivity index (χ0v) is 24.5. The number of hydrogen-bond acceptors (Lipinski definition) is 6. The highest BCUT2D eigenvalue weighted by atomic mass is 35.5. The highest BCUT2D eigenvalue weighted by Gasteiger charge is 2.46. The SMILES string of the molecule is Cc1cccc(Cl)c1-c1noc(C2CC2)c1COc1ccc([C@]2(O)C[C@H](c3cccc(S(C)(=O)=O)c3)C2)c(Cl)c1. The topological polar surface area (TPSA) is 89.6 Å². The minimum Gasteiger partial charge on any atom is -0.489 e. The lowest BCUT2D eigenvalue weighted by Crippen LogP contribution is -2.40. The molecule has 2 fully saturated rings. The summed E-state index contributed by atoms with van der Waals surface area (Å²) in [5, 5.41) is 16.7. The Balaban J connectivity index is 1.19. The second-order valence-electron chi connectivity index (χ2n) is 11.0. The molecule has 1 N–H and O–H groups in total. The van der Waals surface area contributed by atoms with Crippen LogP contribution in [0.5, 0.6) is 5.75 Å². The van der Waals surface area contributed by atoms with Crippen molar-refractivity contribution in [3.8, 4) is 17.0 Å². The Morgan fingerprint density at radius 2 is 1.77 bits per heavy atom. The first-order valence-electron chi connectivity index (χ1n) is 13.2. The van der Waals surface area contributed by atoms with Crippen LogP contribution in [0.2, 0.25) is 10.0 Å². The fraction of sp³-hybridized carbons (Fsp3) is 0.323. The molecule has 6 nitrogen and oxygen atoms in total. The van der Waals surface area contributed by atoms with Crippen molar-refractivity contribution >= 4 is 33.0 Å². The van der Waals surface area contributed by atoms with Gasteiger partial charge in [-0.25, -0.2) is 8.42 Å². The molecule has 1 heterocycles. The van der Waals surface area contributed by atoms with Crippen LogP contribution in [0.15, 0.2) is 70.1 Å². The van der Waals surface area contributed by atoms with Crippen molar-refractivity contribution < 1.29 is 22.8 Å². The van der Waals surface area contributed by atoms with Gasteiger partial charge in [0.05, 0.1) is 26.1 Å². The van der Waals surface area contributed by atoms with Gasteiger partial charge >= 0.3 is 0 Å². The molecule has 4 aromatic rings. The average molecular weight is 599 g/mol. The molecular formula is C31H29Cl2NO5S. The summed E-state index contributed by atoms with van der Waals surface area (Å²) in [6, 6.07) is 18.0. The summed E-state index contributed by atoms with van der Waals surface area (Å²) in [6.45, 7) is 2.24. The molecule has 9 heteroatoms. The number of hydrogen-bond donors (Lipinski definition) is 1. The molecule has 2 saturated carbocycles. The highest BCUT2D eigenvalue weighted by Crippen LogP contribution is 2.53. The Hall–Kier alpha value is -2.84. The molecule has 0 aliphatic heterocycles. The van der Waals surface area contributed by atoms with Gasteiger partial charge in [-0.3, -0.25) is 0 Å². The van der Waals surface area contributed by atoms with Gasteiger partial charge in [0.15, 0.2) is 9.84 Å². The lowest BCUT2D eigenvalue weighted by Gasteiger charge is -2.44. The van der Waals surface area contributed by atoms with Gasteiger partial charge in [0.25, 0.3) is 0 Å². The monoisotopic (exact) mass is 597 g/mol. The predicted octanol–water partition coefficient (Wildman–Crippen LogP) is 7.58. The number of rotatable bonds is 8. The molecule has 0 amide bonds. The van der Waals surface area contributed by atoms with Gasteiger partial charge in [-0.05, 0) is 80.0 Å². The van der Waals surface area contributed by atoms with E-state index in [-0.39, 0.29) is 17.4 Å². The fourth-order valence-electron chi connectivity index (χ4n) is 5.58. The Morgan fingerprint density at radius 1 is 1.02 bits per heavy atom. The van der Waals surface area contributed by atoms with Crippen LogP contribution in [0, 0.1) is 6.92 Å². The number of aryl methyl sites for hydroxylation is 1. The molecule has 2 aliphatic rings. The average Bonchev–Trinajstić information content (AvgIpc) is 3.65. The maximum absolute atomic E-state index is 12.0. The largest absolute Gasteiger partial charge is 0.489 e. The summed E-state index contributed by atoms with van der Waals surface area (Å²) in [5.41, 5.74) is 3.87. The zero-order valence-electron chi connectivity index (χ0n) is 22.2. The van der Waals surface area contributed by atoms with Crippen LogP contribution in [0.1, 0.15) is 65.5 Å². The van der Waals surface area contributed by atoms with Crippen molar-refractivity contribution in [3.05, 3.63) is 98.7 Å². The van der Waals surface area contributed by atoms with Crippen LogP contribution in [0.25, 0.3) is 11.3 Å². The van der Waals surface area contributed by atoms with Gasteiger partial charge in [-0.15, -0.1) is 0 Å². The minimum absolute atomic E-state index is 0.0415. The van der Waals surface area contributed by atoms with Crippen LogP contribution in [-0.4, -0.2) is 24.9 Å². The van der Waals surface area contributed by atoms with Gasteiger partial charge in [0.2, 0.25) is 0 Å². The number of nitrogens with zero attached hydrogens (tertiary/aromatic N) is 1. The van der Waals surface area contributed by atoms with Crippen LogP contribution in [0.3, 0.4) is 0 Å². The maximum Gasteiger partial charge on any atom is 0.175 e. The van der Waals surface area contributed by atoms with Gasteiger partial charge in [-0.2, -0.15) is 0 Å². The molecule has 0 unspecified atom stereocenters. The molecule has 2 aliphatic carbocycles. The van der Waals surface area contributed by atoms with Crippen LogP contribution in [0.4, 0.5) is 0 Å². The summed E-state index contributed by atoms with van der Waals surface area (Å²) in [7, 11) is -3.30. The summed E-state index contributed by atoms with van der Waals surface area (Å²) < 4.78 is 35.9. The molecule has 6 rings (SSSR count). The number of ether oxygens (including phenoxy) is 1. The van der Waals surface area contributed by atoms with Crippen molar-refractivity contribution in [3.63, 3.8) is 0 Å². The normalized spacial score (nSPS) is 20.8. The Labute approximate surface area is 243 Å². The molecule has 3 aromatic carbocycles. The second kappa shape index (κ2) is 10.2. The first kappa shape index (κ1) is 27.3. The van der Waals surface area contributed by atoms with Gasteiger partial charge in [-0.1, -0.05) is 58.7 Å². The number of sulfone groups is 1. The smallest absolute Gasteiger partial charge is 0.175 e. The number of aliphatic hydroxyl groups is 1. The van der Waals surface area contributed by atoms with E-state index in [2.05, 4.69) is 5.16 Å². The van der Waals surface area contributed by atoms with E-state index < -0.39 is 15.4 Å². The first-order valence-corrected chi connectivity index (χ1v) is 15.9. The van der Waals surface area contributed by atoms with E-state index in [1.165, 1.54) is 6.26 Å². The zero-order chi connectivity index (χ0) is 28.2. The third kappa shape index (κ3) is 5.16. The maximum atomic E-state index is 12.0. The summed E-state index contributed by atoms with van der Waals surface area (Å²) in [4.78, 5) is 0.283. The third-order valence-corrected chi connectivity index (χ3v) is 9.71. The summed E-state index contributed by atoms with van der Waals surface area (Å²) in [6.07, 6.45) is 4.21. The number of aromatic nitrogens is 1. The molecule has 208 valence electrons. The van der Waals surface area contributed by atoms with Crippen molar-refractivity contribution in [2.24, 2.45) is 0 Å². The first-order chi connectivity index (χ1) is 19.0. The molecule has 0 saturated heterocycles.